The minimum Gasteiger partial charge on any atom is -0.480 e. The number of aryl methyl sites for hydroxylation is 3. The SMILES string of the molecule is CC(=O)Nc1ccc(C2C(C(=O)c3cc(C)sc3C)C(c3sccc3C)N(C(=O)c3cccs3)C2C(=O)O)cc1. The third-order valence-corrected chi connectivity index (χ3v) is 10.2. The lowest BCUT2D eigenvalue weighted by Gasteiger charge is -2.29. The molecule has 2 amide bonds. The van der Waals surface area contributed by atoms with Crippen molar-refractivity contribution >= 4 is 63.3 Å². The lowest BCUT2D eigenvalue weighted by atomic mass is 9.77. The summed E-state index contributed by atoms with van der Waals surface area (Å²) in [6.45, 7) is 7.17. The molecule has 4 atom stereocenters. The van der Waals surface area contributed by atoms with Crippen molar-refractivity contribution in [2.75, 3.05) is 5.32 Å². The number of carbonyl (C=O) groups excluding carboxylic acids is 3. The monoisotopic (exact) mass is 592 g/mol. The Kier molecular flexibility index (Phi) is 7.76. The van der Waals surface area contributed by atoms with Crippen LogP contribution >= 0.6 is 34.0 Å². The number of nitrogens with zero attached hydrogens (tertiary/aromatic N) is 1. The number of thiophene rings is 3. The molecule has 4 unspecified atom stereocenters. The van der Waals surface area contributed by atoms with Gasteiger partial charge in [-0.25, -0.2) is 4.79 Å². The van der Waals surface area contributed by atoms with Crippen LogP contribution in [0, 0.1) is 26.7 Å². The Morgan fingerprint density at radius 3 is 2.20 bits per heavy atom. The van der Waals surface area contributed by atoms with Crippen molar-refractivity contribution in [2.45, 2.75) is 45.7 Å². The number of hydrogen-bond donors (Lipinski definition) is 2. The summed E-state index contributed by atoms with van der Waals surface area (Å²) in [4.78, 5) is 57.8. The van der Waals surface area contributed by atoms with Crippen LogP contribution in [-0.4, -0.2) is 39.6 Å². The minimum atomic E-state index is -1.29. The van der Waals surface area contributed by atoms with E-state index in [1.54, 1.807) is 41.8 Å². The van der Waals surface area contributed by atoms with Gasteiger partial charge < -0.3 is 15.3 Å². The second-order valence-electron chi connectivity index (χ2n) is 9.93. The molecule has 1 aromatic carbocycles. The first-order valence-electron chi connectivity index (χ1n) is 12.7. The predicted octanol–water partition coefficient (Wildman–Crippen LogP) is 6.69. The van der Waals surface area contributed by atoms with Crippen molar-refractivity contribution in [1.29, 1.82) is 0 Å². The van der Waals surface area contributed by atoms with Gasteiger partial charge in [0.15, 0.2) is 5.78 Å². The van der Waals surface area contributed by atoms with Crippen LogP contribution < -0.4 is 5.32 Å². The number of aliphatic carboxylic acids is 1. The van der Waals surface area contributed by atoms with Crippen molar-refractivity contribution in [2.24, 2.45) is 5.92 Å². The topological polar surface area (TPSA) is 104 Å². The van der Waals surface area contributed by atoms with Gasteiger partial charge in [-0.3, -0.25) is 14.4 Å². The number of Topliss-reactive ketones (excluding diaryl/α,β-unsaturated/α-hetero) is 1. The van der Waals surface area contributed by atoms with Gasteiger partial charge in [0.25, 0.3) is 5.91 Å². The van der Waals surface area contributed by atoms with E-state index < -0.39 is 35.8 Å². The number of rotatable bonds is 7. The van der Waals surface area contributed by atoms with Crippen molar-refractivity contribution in [3.63, 3.8) is 0 Å². The fourth-order valence-corrected chi connectivity index (χ4v) is 8.35. The summed E-state index contributed by atoms with van der Waals surface area (Å²) in [5, 5.41) is 17.1. The first-order chi connectivity index (χ1) is 19.1. The normalized spacial score (nSPS) is 20.4. The van der Waals surface area contributed by atoms with E-state index in [-0.39, 0.29) is 11.7 Å². The third-order valence-electron chi connectivity index (χ3n) is 7.28. The summed E-state index contributed by atoms with van der Waals surface area (Å²) < 4.78 is 0. The van der Waals surface area contributed by atoms with E-state index in [0.29, 0.717) is 21.7 Å². The minimum absolute atomic E-state index is 0.177. The molecule has 3 aromatic heterocycles. The van der Waals surface area contributed by atoms with Crippen molar-refractivity contribution in [3.05, 3.63) is 95.5 Å². The Labute approximate surface area is 244 Å². The van der Waals surface area contributed by atoms with Crippen LogP contribution in [-0.2, 0) is 9.59 Å². The molecule has 1 fully saturated rings. The van der Waals surface area contributed by atoms with Crippen molar-refractivity contribution in [3.8, 4) is 0 Å². The smallest absolute Gasteiger partial charge is 0.327 e. The highest BCUT2D eigenvalue weighted by Gasteiger charge is 2.58. The van der Waals surface area contributed by atoms with Gasteiger partial charge in [-0.2, -0.15) is 0 Å². The lowest BCUT2D eigenvalue weighted by Crippen LogP contribution is -2.43. The number of amides is 2. The number of hydrogen-bond acceptors (Lipinski definition) is 7. The number of anilines is 1. The van der Waals surface area contributed by atoms with E-state index in [2.05, 4.69) is 5.32 Å². The molecular weight excluding hydrogens is 565 g/mol. The first kappa shape index (κ1) is 27.9. The molecule has 5 rings (SSSR count). The number of nitrogens with one attached hydrogen (secondary N) is 1. The molecule has 0 saturated carbocycles. The maximum Gasteiger partial charge on any atom is 0.327 e. The number of likely N-dealkylation sites (tertiary alicyclic amines) is 1. The predicted molar refractivity (Wildman–Crippen MR) is 159 cm³/mol. The highest BCUT2D eigenvalue weighted by Crippen LogP contribution is 2.54. The molecule has 206 valence electrons. The third kappa shape index (κ3) is 5.02. The van der Waals surface area contributed by atoms with Crippen molar-refractivity contribution in [1.82, 2.24) is 4.90 Å². The molecule has 10 heteroatoms. The zero-order valence-corrected chi connectivity index (χ0v) is 24.8. The van der Waals surface area contributed by atoms with Crippen molar-refractivity contribution < 1.29 is 24.3 Å². The summed E-state index contributed by atoms with van der Waals surface area (Å²) in [5.41, 5.74) is 2.64. The Morgan fingerprint density at radius 1 is 0.950 bits per heavy atom. The van der Waals surface area contributed by atoms with Gasteiger partial charge in [0.05, 0.1) is 16.8 Å². The quantitative estimate of drug-likeness (QED) is 0.233. The van der Waals surface area contributed by atoms with E-state index in [1.807, 2.05) is 38.3 Å². The van der Waals surface area contributed by atoms with Gasteiger partial charge in [-0.15, -0.1) is 34.0 Å². The van der Waals surface area contributed by atoms with Crippen LogP contribution in [0.4, 0.5) is 5.69 Å². The fraction of sp³-hybridized carbons (Fsp3) is 0.267. The maximum absolute atomic E-state index is 14.5. The number of carbonyl (C=O) groups is 4. The van der Waals surface area contributed by atoms with Crippen LogP contribution in [0.5, 0.6) is 0 Å². The fourth-order valence-electron chi connectivity index (χ4n) is 5.68. The molecule has 0 bridgehead atoms. The van der Waals surface area contributed by atoms with Gasteiger partial charge in [-0.05, 0) is 73.0 Å². The summed E-state index contributed by atoms with van der Waals surface area (Å²) in [5.74, 6) is -3.66. The Morgan fingerprint density at radius 2 is 1.68 bits per heavy atom. The zero-order chi connectivity index (χ0) is 28.7. The van der Waals surface area contributed by atoms with Crippen LogP contribution in [0.25, 0.3) is 0 Å². The second kappa shape index (κ2) is 11.1. The van der Waals surface area contributed by atoms with E-state index >= 15 is 0 Å². The molecule has 2 N–H and O–H groups in total. The van der Waals surface area contributed by atoms with E-state index in [1.165, 1.54) is 45.8 Å². The number of benzene rings is 1. The van der Waals surface area contributed by atoms with Crippen LogP contribution in [0.2, 0.25) is 0 Å². The highest BCUT2D eigenvalue weighted by molar-refractivity contribution is 7.12. The Balaban J connectivity index is 1.75. The number of carboxylic acids is 1. The van der Waals surface area contributed by atoms with E-state index in [9.17, 15) is 24.3 Å². The van der Waals surface area contributed by atoms with Crippen LogP contribution in [0.1, 0.15) is 64.7 Å². The Hall–Kier alpha value is -3.60. The molecule has 7 nitrogen and oxygen atoms in total. The van der Waals surface area contributed by atoms with Crippen LogP contribution in [0.3, 0.4) is 0 Å². The molecule has 1 aliphatic heterocycles. The molecule has 0 aliphatic carbocycles. The molecule has 0 spiro atoms. The lowest BCUT2D eigenvalue weighted by molar-refractivity contribution is -0.142. The molecular formula is C30H28N2O5S3. The van der Waals surface area contributed by atoms with Gasteiger partial charge in [0.2, 0.25) is 5.91 Å². The molecule has 4 heterocycles. The van der Waals surface area contributed by atoms with E-state index in [0.717, 1.165) is 20.2 Å². The molecule has 1 aliphatic rings. The summed E-state index contributed by atoms with van der Waals surface area (Å²) in [7, 11) is 0. The molecule has 1 saturated heterocycles. The molecule has 4 aromatic rings. The average molecular weight is 593 g/mol. The highest BCUT2D eigenvalue weighted by atomic mass is 32.1. The van der Waals surface area contributed by atoms with Gasteiger partial charge in [-0.1, -0.05) is 18.2 Å². The van der Waals surface area contributed by atoms with Gasteiger partial charge in [0, 0.05) is 38.7 Å². The molecule has 0 radical (unpaired) electrons. The zero-order valence-electron chi connectivity index (χ0n) is 22.3. The summed E-state index contributed by atoms with van der Waals surface area (Å²) in [6.07, 6.45) is 0. The van der Waals surface area contributed by atoms with Crippen LogP contribution in [0.15, 0.2) is 59.3 Å². The second-order valence-corrected chi connectivity index (χ2v) is 13.3. The Bertz CT molecular complexity index is 1590. The summed E-state index contributed by atoms with van der Waals surface area (Å²) in [6, 6.07) is 12.1. The summed E-state index contributed by atoms with van der Waals surface area (Å²) >= 11 is 4.20. The number of ketones is 1. The standard InChI is InChI=1S/C30H28N2O5S3/c1-15-11-13-39-28(15)25-24(27(34)21-14-16(2)40-17(21)3)23(19-7-9-20(10-8-19)31-18(4)33)26(30(36)37)32(25)29(35)22-6-5-12-38-22/h5-14,23-26H,1-4H3,(H,31,33)(H,36,37). The van der Waals surface area contributed by atoms with E-state index in [4.69, 9.17) is 0 Å². The number of carboxylic acid groups (broad SMARTS) is 1. The molecule has 40 heavy (non-hydrogen) atoms. The van der Waals surface area contributed by atoms with Gasteiger partial charge in [0.1, 0.15) is 6.04 Å². The first-order valence-corrected chi connectivity index (χ1v) is 15.3. The van der Waals surface area contributed by atoms with Gasteiger partial charge >= 0.3 is 5.97 Å². The average Bonchev–Trinajstić information content (AvgIpc) is 3.69. The largest absolute Gasteiger partial charge is 0.480 e. The maximum atomic E-state index is 14.5.